The minimum atomic E-state index is -1.21. The van der Waals surface area contributed by atoms with Gasteiger partial charge in [0.2, 0.25) is 5.91 Å². The van der Waals surface area contributed by atoms with Crippen molar-refractivity contribution < 1.29 is 14.7 Å². The van der Waals surface area contributed by atoms with Crippen LogP contribution in [0.2, 0.25) is 0 Å². The number of H-pyrrole nitrogens is 1. The van der Waals surface area contributed by atoms with E-state index in [1.54, 1.807) is 0 Å². The number of carbonyl (C=O) groups is 2. The van der Waals surface area contributed by atoms with Crippen LogP contribution in [0.1, 0.15) is 44.1 Å². The average Bonchev–Trinajstić information content (AvgIpc) is 3.03. The molecule has 4 fully saturated rings. The Morgan fingerprint density at radius 3 is 2.37 bits per heavy atom. The van der Waals surface area contributed by atoms with E-state index in [0.29, 0.717) is 17.8 Å². The van der Waals surface area contributed by atoms with Crippen LogP contribution in [-0.2, 0) is 16.0 Å². The van der Waals surface area contributed by atoms with E-state index in [4.69, 9.17) is 0 Å². The van der Waals surface area contributed by atoms with Crippen molar-refractivity contribution in [2.75, 3.05) is 0 Å². The number of rotatable bonds is 5. The zero-order valence-electron chi connectivity index (χ0n) is 15.4. The monoisotopic (exact) mass is 365 g/mol. The lowest BCUT2D eigenvalue weighted by Gasteiger charge is -2.55. The van der Waals surface area contributed by atoms with Crippen molar-refractivity contribution in [3.05, 3.63) is 36.0 Å². The van der Waals surface area contributed by atoms with Crippen LogP contribution in [-0.4, -0.2) is 22.9 Å². The summed E-state index contributed by atoms with van der Waals surface area (Å²) < 4.78 is 0. The van der Waals surface area contributed by atoms with Gasteiger partial charge in [0.15, 0.2) is 0 Å². The molecule has 0 spiro atoms. The van der Waals surface area contributed by atoms with E-state index < -0.39 is 12.0 Å². The molecule has 6 rings (SSSR count). The summed E-state index contributed by atoms with van der Waals surface area (Å²) in [5, 5.41) is 15.6. The lowest BCUT2D eigenvalue weighted by Crippen LogP contribution is -2.58. The van der Waals surface area contributed by atoms with Crippen LogP contribution in [0.4, 0.5) is 0 Å². The Kier molecular flexibility index (Phi) is 3.81. The number of aromatic amines is 1. The molecule has 1 aromatic heterocycles. The van der Waals surface area contributed by atoms with Crippen LogP contribution >= 0.6 is 0 Å². The minimum Gasteiger partial charge on any atom is -0.548 e. The standard InChI is InChI=1S/C22H26N2O3/c25-20(26)19(8-16-12-23-18-4-2-1-3-17(16)18)24-21(27)22-9-13-5-14(10-22)7-15(6-13)11-22/h1-4,12-15,19,23H,5-11H2,(H,24,27)(H,25,26)/p-1/t13?,14?,15?,19-,22?/m1/s1. The first-order valence-corrected chi connectivity index (χ1v) is 10.1. The Morgan fingerprint density at radius 1 is 1.11 bits per heavy atom. The number of para-hydroxylation sites is 1. The molecule has 0 unspecified atom stereocenters. The van der Waals surface area contributed by atoms with Crippen LogP contribution in [0.15, 0.2) is 30.5 Å². The second kappa shape index (κ2) is 6.11. The number of carbonyl (C=O) groups excluding carboxylic acids is 2. The second-order valence-corrected chi connectivity index (χ2v) is 9.11. The van der Waals surface area contributed by atoms with Crippen molar-refractivity contribution in [2.45, 2.75) is 51.0 Å². The molecule has 0 radical (unpaired) electrons. The van der Waals surface area contributed by atoms with Gasteiger partial charge in [0, 0.05) is 28.9 Å². The number of carboxylic acids is 1. The highest BCUT2D eigenvalue weighted by molar-refractivity contribution is 5.88. The van der Waals surface area contributed by atoms with Crippen molar-refractivity contribution in [1.29, 1.82) is 0 Å². The van der Waals surface area contributed by atoms with E-state index in [9.17, 15) is 14.7 Å². The number of amides is 1. The average molecular weight is 365 g/mol. The predicted molar refractivity (Wildman–Crippen MR) is 99.5 cm³/mol. The first-order chi connectivity index (χ1) is 13.0. The molecule has 1 amide bonds. The largest absolute Gasteiger partial charge is 0.548 e. The van der Waals surface area contributed by atoms with Gasteiger partial charge in [-0.15, -0.1) is 0 Å². The fourth-order valence-corrected chi connectivity index (χ4v) is 6.41. The summed E-state index contributed by atoms with van der Waals surface area (Å²) in [5.41, 5.74) is 1.52. The zero-order valence-corrected chi connectivity index (χ0v) is 15.4. The Labute approximate surface area is 158 Å². The summed E-state index contributed by atoms with van der Waals surface area (Å²) in [6, 6.07) is 6.80. The van der Waals surface area contributed by atoms with E-state index >= 15 is 0 Å². The normalized spacial score (nSPS) is 32.5. The summed E-state index contributed by atoms with van der Waals surface area (Å²) in [6.07, 6.45) is 8.62. The summed E-state index contributed by atoms with van der Waals surface area (Å²) in [5.74, 6) is 0.681. The van der Waals surface area contributed by atoms with Crippen LogP contribution < -0.4 is 10.4 Å². The lowest BCUT2D eigenvalue weighted by molar-refractivity contribution is -0.308. The molecule has 4 aliphatic rings. The topological polar surface area (TPSA) is 85.0 Å². The van der Waals surface area contributed by atoms with Crippen molar-refractivity contribution in [2.24, 2.45) is 23.2 Å². The van der Waals surface area contributed by atoms with Crippen molar-refractivity contribution in [1.82, 2.24) is 10.3 Å². The van der Waals surface area contributed by atoms with Gasteiger partial charge in [-0.1, -0.05) is 18.2 Å². The van der Waals surface area contributed by atoms with Crippen molar-refractivity contribution >= 4 is 22.8 Å². The maximum atomic E-state index is 13.2. The Morgan fingerprint density at radius 2 is 1.74 bits per heavy atom. The van der Waals surface area contributed by atoms with E-state index in [1.807, 2.05) is 30.5 Å². The van der Waals surface area contributed by atoms with E-state index in [-0.39, 0.29) is 17.7 Å². The second-order valence-electron chi connectivity index (χ2n) is 9.11. The lowest BCUT2D eigenvalue weighted by atomic mass is 9.49. The third-order valence-electron chi connectivity index (χ3n) is 7.21. The molecule has 1 atom stereocenters. The van der Waals surface area contributed by atoms with Crippen molar-refractivity contribution in [3.63, 3.8) is 0 Å². The molecule has 4 bridgehead atoms. The fourth-order valence-electron chi connectivity index (χ4n) is 6.41. The zero-order chi connectivity index (χ0) is 18.6. The number of carboxylic acid groups (broad SMARTS) is 1. The fraction of sp³-hybridized carbons (Fsp3) is 0.545. The van der Waals surface area contributed by atoms with Gasteiger partial charge in [-0.25, -0.2) is 0 Å². The number of fused-ring (bicyclic) bond motifs is 1. The number of aromatic nitrogens is 1. The van der Waals surface area contributed by atoms with Gasteiger partial charge < -0.3 is 20.2 Å². The van der Waals surface area contributed by atoms with Gasteiger partial charge in [0.25, 0.3) is 0 Å². The minimum absolute atomic E-state index is 0.0596. The molecule has 0 saturated heterocycles. The third kappa shape index (κ3) is 2.84. The van der Waals surface area contributed by atoms with Gasteiger partial charge in [-0.2, -0.15) is 0 Å². The quantitative estimate of drug-likeness (QED) is 0.851. The maximum Gasteiger partial charge on any atom is 0.226 e. The summed E-state index contributed by atoms with van der Waals surface area (Å²) >= 11 is 0. The molecule has 5 heteroatoms. The molecule has 27 heavy (non-hydrogen) atoms. The van der Waals surface area contributed by atoms with Crippen LogP contribution in [0.5, 0.6) is 0 Å². The summed E-state index contributed by atoms with van der Waals surface area (Å²) in [7, 11) is 0. The first-order valence-electron chi connectivity index (χ1n) is 10.1. The predicted octanol–water partition coefficient (Wildman–Crippen LogP) is 2.16. The highest BCUT2D eigenvalue weighted by Crippen LogP contribution is 2.60. The summed E-state index contributed by atoms with van der Waals surface area (Å²) in [6.45, 7) is 0. The first kappa shape index (κ1) is 16.8. The molecule has 0 aliphatic heterocycles. The van der Waals surface area contributed by atoms with Gasteiger partial charge in [-0.3, -0.25) is 4.79 Å². The molecular weight excluding hydrogens is 340 g/mol. The Hall–Kier alpha value is -2.30. The molecule has 1 heterocycles. The van der Waals surface area contributed by atoms with Crippen LogP contribution in [0.25, 0.3) is 10.9 Å². The van der Waals surface area contributed by atoms with Crippen LogP contribution in [0, 0.1) is 23.2 Å². The van der Waals surface area contributed by atoms with Gasteiger partial charge in [0.05, 0.1) is 12.0 Å². The Balaban J connectivity index is 1.36. The molecule has 4 aliphatic carbocycles. The van der Waals surface area contributed by atoms with E-state index in [0.717, 1.165) is 35.7 Å². The number of nitrogens with one attached hydrogen (secondary N) is 2. The molecule has 2 N–H and O–H groups in total. The maximum absolute atomic E-state index is 13.2. The highest BCUT2D eigenvalue weighted by Gasteiger charge is 2.54. The number of benzene rings is 1. The smallest absolute Gasteiger partial charge is 0.226 e. The van der Waals surface area contributed by atoms with Gasteiger partial charge in [0.1, 0.15) is 0 Å². The molecule has 4 saturated carbocycles. The van der Waals surface area contributed by atoms with Crippen molar-refractivity contribution in [3.8, 4) is 0 Å². The highest BCUT2D eigenvalue weighted by atomic mass is 16.4. The summed E-state index contributed by atoms with van der Waals surface area (Å²) in [4.78, 5) is 28.1. The molecular formula is C22H25N2O3-. The molecule has 1 aromatic carbocycles. The van der Waals surface area contributed by atoms with Crippen LogP contribution in [0.3, 0.4) is 0 Å². The number of aliphatic carboxylic acids is 1. The van der Waals surface area contributed by atoms with Gasteiger partial charge >= 0.3 is 0 Å². The van der Waals surface area contributed by atoms with Gasteiger partial charge in [-0.05, 0) is 67.9 Å². The third-order valence-corrected chi connectivity index (χ3v) is 7.21. The molecule has 142 valence electrons. The number of hydrogen-bond donors (Lipinski definition) is 2. The number of hydrogen-bond acceptors (Lipinski definition) is 3. The molecule has 5 nitrogen and oxygen atoms in total. The Bertz CT molecular complexity index is 865. The van der Waals surface area contributed by atoms with E-state index in [1.165, 1.54) is 19.3 Å². The van der Waals surface area contributed by atoms with E-state index in [2.05, 4.69) is 10.3 Å². The SMILES string of the molecule is O=C([O-])[C@@H](Cc1c[nH]c2ccccc12)NC(=O)C12CC3CC(CC(C3)C1)C2. The molecule has 2 aromatic rings.